The van der Waals surface area contributed by atoms with Crippen molar-refractivity contribution in [2.24, 2.45) is 17.8 Å². The molecule has 0 N–H and O–H groups in total. The summed E-state index contributed by atoms with van der Waals surface area (Å²) in [5, 5.41) is 0. The van der Waals surface area contributed by atoms with Gasteiger partial charge in [0.15, 0.2) is 0 Å². The molecule has 0 spiro atoms. The first-order valence-corrected chi connectivity index (χ1v) is 9.86. The summed E-state index contributed by atoms with van der Waals surface area (Å²) in [6, 6.07) is 2.32. The first-order chi connectivity index (χ1) is 10.4. The molecule has 1 aliphatic carbocycles. The molecule has 0 bridgehead atoms. The van der Waals surface area contributed by atoms with Gasteiger partial charge in [0.25, 0.3) is 0 Å². The van der Waals surface area contributed by atoms with Crippen molar-refractivity contribution in [3.63, 3.8) is 0 Å². The summed E-state index contributed by atoms with van der Waals surface area (Å²) in [6.07, 6.45) is 7.17. The van der Waals surface area contributed by atoms with Crippen LogP contribution in [0.15, 0.2) is 0 Å². The molecule has 1 saturated carbocycles. The zero-order valence-corrected chi connectivity index (χ0v) is 16.0. The summed E-state index contributed by atoms with van der Waals surface area (Å²) in [6.45, 7) is 18.2. The predicted octanol–water partition coefficient (Wildman–Crippen LogP) is 4.64. The minimum atomic E-state index is 0.716. The van der Waals surface area contributed by atoms with Crippen LogP contribution in [0.4, 0.5) is 0 Å². The molecule has 2 fully saturated rings. The largest absolute Gasteiger partial charge is 0.301 e. The minimum absolute atomic E-state index is 0.716. The van der Waals surface area contributed by atoms with Gasteiger partial charge < -0.3 is 4.90 Å². The molecule has 0 amide bonds. The quantitative estimate of drug-likeness (QED) is 0.676. The molecule has 2 nitrogen and oxygen atoms in total. The van der Waals surface area contributed by atoms with Crippen molar-refractivity contribution in [2.75, 3.05) is 19.6 Å². The Morgan fingerprint density at radius 3 is 1.95 bits per heavy atom. The van der Waals surface area contributed by atoms with Gasteiger partial charge in [0.1, 0.15) is 0 Å². The van der Waals surface area contributed by atoms with Crippen molar-refractivity contribution in [3.05, 3.63) is 0 Å². The molecule has 0 aromatic carbocycles. The minimum Gasteiger partial charge on any atom is -0.301 e. The molecule has 2 rings (SSSR count). The van der Waals surface area contributed by atoms with Crippen molar-refractivity contribution in [1.29, 1.82) is 0 Å². The topological polar surface area (TPSA) is 6.48 Å². The third-order valence-corrected chi connectivity index (χ3v) is 6.00. The van der Waals surface area contributed by atoms with Gasteiger partial charge in [-0.25, -0.2) is 0 Å². The van der Waals surface area contributed by atoms with E-state index in [1.165, 1.54) is 51.7 Å². The lowest BCUT2D eigenvalue weighted by atomic mass is 9.74. The summed E-state index contributed by atoms with van der Waals surface area (Å²) >= 11 is 0. The zero-order chi connectivity index (χ0) is 16.3. The van der Waals surface area contributed by atoms with Gasteiger partial charge in [-0.15, -0.1) is 0 Å². The first kappa shape index (κ1) is 18.3. The molecule has 0 aromatic rings. The van der Waals surface area contributed by atoms with E-state index in [1.807, 2.05) is 0 Å². The highest BCUT2D eigenvalue weighted by atomic mass is 15.2. The average Bonchev–Trinajstić information content (AvgIpc) is 2.40. The summed E-state index contributed by atoms with van der Waals surface area (Å²) < 4.78 is 0. The van der Waals surface area contributed by atoms with Crippen LogP contribution in [-0.2, 0) is 0 Å². The van der Waals surface area contributed by atoms with Gasteiger partial charge in [0.2, 0.25) is 0 Å². The van der Waals surface area contributed by atoms with Gasteiger partial charge in [-0.2, -0.15) is 0 Å². The van der Waals surface area contributed by atoms with E-state index in [0.717, 1.165) is 29.8 Å². The normalized spacial score (nSPS) is 28.1. The lowest BCUT2D eigenvalue weighted by Crippen LogP contribution is -2.51. The molecule has 1 heterocycles. The van der Waals surface area contributed by atoms with Crippen molar-refractivity contribution in [1.82, 2.24) is 9.80 Å². The SMILES string of the molecule is CC(C)CC1CC(N(CC2CCN(C(C)C)CC2)C(C)C)C1. The Morgan fingerprint density at radius 2 is 1.50 bits per heavy atom. The highest BCUT2D eigenvalue weighted by molar-refractivity contribution is 4.90. The molecule has 2 heteroatoms. The van der Waals surface area contributed by atoms with E-state index in [2.05, 4.69) is 51.3 Å². The molecular weight excluding hydrogens is 268 g/mol. The van der Waals surface area contributed by atoms with E-state index in [1.54, 1.807) is 0 Å². The Hall–Kier alpha value is -0.0800. The lowest BCUT2D eigenvalue weighted by Gasteiger charge is -2.47. The van der Waals surface area contributed by atoms with Crippen molar-refractivity contribution >= 4 is 0 Å². The van der Waals surface area contributed by atoms with Crippen LogP contribution in [0.25, 0.3) is 0 Å². The number of rotatable bonds is 7. The van der Waals surface area contributed by atoms with Crippen LogP contribution >= 0.6 is 0 Å². The highest BCUT2D eigenvalue weighted by Gasteiger charge is 2.36. The summed E-state index contributed by atoms with van der Waals surface area (Å²) in [4.78, 5) is 5.49. The molecule has 2 aliphatic rings. The highest BCUT2D eigenvalue weighted by Crippen LogP contribution is 2.37. The number of piperidine rings is 1. The summed E-state index contributed by atoms with van der Waals surface area (Å²) in [5.41, 5.74) is 0. The van der Waals surface area contributed by atoms with E-state index >= 15 is 0 Å². The molecule has 22 heavy (non-hydrogen) atoms. The molecule has 0 atom stereocenters. The van der Waals surface area contributed by atoms with Gasteiger partial charge in [-0.1, -0.05) is 13.8 Å². The third-order valence-electron chi connectivity index (χ3n) is 6.00. The van der Waals surface area contributed by atoms with Gasteiger partial charge in [0, 0.05) is 24.7 Å². The number of likely N-dealkylation sites (tertiary alicyclic amines) is 1. The molecule has 0 aromatic heterocycles. The van der Waals surface area contributed by atoms with Gasteiger partial charge in [0.05, 0.1) is 0 Å². The third kappa shape index (κ3) is 4.96. The Kier molecular flexibility index (Phi) is 6.76. The van der Waals surface area contributed by atoms with Crippen LogP contribution in [0.2, 0.25) is 0 Å². The summed E-state index contributed by atoms with van der Waals surface area (Å²) in [5.74, 6) is 2.81. The van der Waals surface area contributed by atoms with E-state index in [4.69, 9.17) is 0 Å². The van der Waals surface area contributed by atoms with Gasteiger partial charge >= 0.3 is 0 Å². The number of hydrogen-bond acceptors (Lipinski definition) is 2. The van der Waals surface area contributed by atoms with Crippen LogP contribution in [0.5, 0.6) is 0 Å². The Balaban J connectivity index is 1.76. The Labute approximate surface area is 139 Å². The average molecular weight is 309 g/mol. The van der Waals surface area contributed by atoms with E-state index in [0.29, 0.717) is 6.04 Å². The maximum absolute atomic E-state index is 2.84. The van der Waals surface area contributed by atoms with Crippen LogP contribution in [0.1, 0.15) is 73.6 Å². The van der Waals surface area contributed by atoms with E-state index in [9.17, 15) is 0 Å². The number of hydrogen-bond donors (Lipinski definition) is 0. The van der Waals surface area contributed by atoms with Gasteiger partial charge in [-0.05, 0) is 90.6 Å². The second-order valence-electron chi connectivity index (χ2n) is 8.98. The first-order valence-electron chi connectivity index (χ1n) is 9.86. The Morgan fingerprint density at radius 1 is 0.909 bits per heavy atom. The molecule has 130 valence electrons. The monoisotopic (exact) mass is 308 g/mol. The zero-order valence-electron chi connectivity index (χ0n) is 16.0. The second kappa shape index (κ2) is 8.15. The van der Waals surface area contributed by atoms with Crippen LogP contribution in [0.3, 0.4) is 0 Å². The fraction of sp³-hybridized carbons (Fsp3) is 1.00. The van der Waals surface area contributed by atoms with E-state index < -0.39 is 0 Å². The maximum Gasteiger partial charge on any atom is 0.0103 e. The molecule has 0 radical (unpaired) electrons. The fourth-order valence-electron chi connectivity index (χ4n) is 4.56. The predicted molar refractivity (Wildman–Crippen MR) is 97.2 cm³/mol. The summed E-state index contributed by atoms with van der Waals surface area (Å²) in [7, 11) is 0. The van der Waals surface area contributed by atoms with Crippen molar-refractivity contribution in [2.45, 2.75) is 91.8 Å². The van der Waals surface area contributed by atoms with E-state index in [-0.39, 0.29) is 0 Å². The van der Waals surface area contributed by atoms with Crippen LogP contribution in [0, 0.1) is 17.8 Å². The van der Waals surface area contributed by atoms with Gasteiger partial charge in [-0.3, -0.25) is 4.90 Å². The fourth-order valence-corrected chi connectivity index (χ4v) is 4.56. The smallest absolute Gasteiger partial charge is 0.0103 e. The van der Waals surface area contributed by atoms with Crippen LogP contribution in [-0.4, -0.2) is 47.6 Å². The lowest BCUT2D eigenvalue weighted by molar-refractivity contribution is 0.0206. The second-order valence-corrected chi connectivity index (χ2v) is 8.98. The Bertz CT molecular complexity index is 310. The molecule has 0 unspecified atom stereocenters. The van der Waals surface area contributed by atoms with Crippen LogP contribution < -0.4 is 0 Å². The standard InChI is InChI=1S/C20H40N2/c1-15(2)11-19-12-20(13-19)22(17(5)6)14-18-7-9-21(10-8-18)16(3)4/h15-20H,7-14H2,1-6H3. The molecular formula is C20H40N2. The molecule has 1 aliphatic heterocycles. The number of nitrogens with zero attached hydrogens (tertiary/aromatic N) is 2. The maximum atomic E-state index is 2.84. The van der Waals surface area contributed by atoms with Crippen molar-refractivity contribution < 1.29 is 0 Å². The van der Waals surface area contributed by atoms with Crippen molar-refractivity contribution in [3.8, 4) is 0 Å². The molecule has 1 saturated heterocycles.